The third kappa shape index (κ3) is 4.97. The molecule has 2 nitrogen and oxygen atoms in total. The second kappa shape index (κ2) is 12.1. The molecule has 52 heavy (non-hydrogen) atoms. The number of hydrogen-bond donors (Lipinski definition) is 1. The van der Waals surface area contributed by atoms with Gasteiger partial charge in [-0.15, -0.1) is 0 Å². The van der Waals surface area contributed by atoms with Crippen molar-refractivity contribution in [3.05, 3.63) is 197 Å². The molecule has 0 saturated carbocycles. The van der Waals surface area contributed by atoms with Crippen molar-refractivity contribution in [1.29, 1.82) is 0 Å². The number of nitrogens with two attached hydrogens (primary N) is 1. The van der Waals surface area contributed by atoms with Crippen molar-refractivity contribution >= 4 is 22.3 Å². The van der Waals surface area contributed by atoms with Gasteiger partial charge in [0.15, 0.2) is 0 Å². The number of rotatable bonds is 6. The Kier molecular flexibility index (Phi) is 7.41. The lowest BCUT2D eigenvalue weighted by molar-refractivity contribution is 0.660. The Morgan fingerprint density at radius 3 is 1.88 bits per heavy atom. The van der Waals surface area contributed by atoms with Gasteiger partial charge in [0.25, 0.3) is 0 Å². The summed E-state index contributed by atoms with van der Waals surface area (Å²) in [5, 5.41) is 2.51. The first-order chi connectivity index (χ1) is 25.2. The second-order valence-electron chi connectivity index (χ2n) is 15.3. The fraction of sp³-hybridized carbons (Fsp3) is 0.140. The number of fused-ring (bicyclic) bond motifs is 7. The van der Waals surface area contributed by atoms with Crippen LogP contribution in [0.25, 0.3) is 49.9 Å². The van der Waals surface area contributed by atoms with Crippen molar-refractivity contribution in [2.75, 3.05) is 0 Å². The van der Waals surface area contributed by atoms with E-state index in [1.807, 2.05) is 30.3 Å². The van der Waals surface area contributed by atoms with Crippen molar-refractivity contribution in [2.24, 2.45) is 10.7 Å². The molecule has 2 heteroatoms. The molecule has 0 atom stereocenters. The first-order valence-corrected chi connectivity index (χ1v) is 18.3. The van der Waals surface area contributed by atoms with E-state index >= 15 is 0 Å². The fourth-order valence-electron chi connectivity index (χ4n) is 8.85. The zero-order valence-corrected chi connectivity index (χ0v) is 30.2. The largest absolute Gasteiger partial charge is 0.383 e. The fourth-order valence-corrected chi connectivity index (χ4v) is 8.85. The van der Waals surface area contributed by atoms with Gasteiger partial charge in [0.05, 0.1) is 5.70 Å². The topological polar surface area (TPSA) is 38.4 Å². The highest BCUT2D eigenvalue weighted by Gasteiger charge is 2.38. The SMILES string of the molecule is CC1(C)c2cc3ccccc3cc2-c2c(/C(=C/Cc3ccccc3-c3cccc4c3-c3ccccc3C4(C)C)N=C(N)c3ccccc3)cccc21. The van der Waals surface area contributed by atoms with E-state index in [2.05, 4.69) is 155 Å². The number of hydrogen-bond acceptors (Lipinski definition) is 1. The smallest absolute Gasteiger partial charge is 0.131 e. The highest BCUT2D eigenvalue weighted by molar-refractivity contribution is 6.03. The average Bonchev–Trinajstić information content (AvgIpc) is 3.55. The molecule has 7 aromatic carbocycles. The van der Waals surface area contributed by atoms with Gasteiger partial charge in [-0.2, -0.15) is 0 Å². The van der Waals surface area contributed by atoms with Crippen LogP contribution in [0, 0.1) is 0 Å². The quantitative estimate of drug-likeness (QED) is 0.139. The monoisotopic (exact) mass is 670 g/mol. The summed E-state index contributed by atoms with van der Waals surface area (Å²) in [4.78, 5) is 5.26. The van der Waals surface area contributed by atoms with Crippen LogP contribution >= 0.6 is 0 Å². The molecule has 2 N–H and O–H groups in total. The molecule has 2 aliphatic rings. The van der Waals surface area contributed by atoms with Crippen LogP contribution in [0.1, 0.15) is 66.6 Å². The van der Waals surface area contributed by atoms with Gasteiger partial charge in [-0.25, -0.2) is 4.99 Å². The van der Waals surface area contributed by atoms with E-state index in [1.54, 1.807) is 0 Å². The highest BCUT2D eigenvalue weighted by Crippen LogP contribution is 2.54. The van der Waals surface area contributed by atoms with Crippen LogP contribution in [0.15, 0.2) is 163 Å². The minimum atomic E-state index is -0.158. The third-order valence-electron chi connectivity index (χ3n) is 11.6. The van der Waals surface area contributed by atoms with Gasteiger partial charge in [0.2, 0.25) is 0 Å². The van der Waals surface area contributed by atoms with Crippen LogP contribution in [0.2, 0.25) is 0 Å². The summed E-state index contributed by atoms with van der Waals surface area (Å²) in [6, 6.07) is 54.8. The van der Waals surface area contributed by atoms with Crippen LogP contribution in [-0.4, -0.2) is 5.84 Å². The van der Waals surface area contributed by atoms with Crippen molar-refractivity contribution in [3.8, 4) is 33.4 Å². The van der Waals surface area contributed by atoms with Crippen molar-refractivity contribution in [2.45, 2.75) is 44.9 Å². The van der Waals surface area contributed by atoms with E-state index in [0.29, 0.717) is 12.3 Å². The summed E-state index contributed by atoms with van der Waals surface area (Å²) in [5.74, 6) is 0.508. The molecular weight excluding hydrogens is 629 g/mol. The molecule has 2 aliphatic carbocycles. The molecule has 0 bridgehead atoms. The highest BCUT2D eigenvalue weighted by atomic mass is 14.9. The van der Waals surface area contributed by atoms with Gasteiger partial charge in [0, 0.05) is 22.0 Å². The number of aliphatic imine (C=N–C) groups is 1. The second-order valence-corrected chi connectivity index (χ2v) is 15.3. The molecule has 7 aromatic rings. The zero-order valence-electron chi connectivity index (χ0n) is 30.2. The maximum atomic E-state index is 6.83. The van der Waals surface area contributed by atoms with Crippen LogP contribution in [0.3, 0.4) is 0 Å². The Morgan fingerprint density at radius 2 is 1.10 bits per heavy atom. The molecule has 0 aromatic heterocycles. The van der Waals surface area contributed by atoms with Crippen molar-refractivity contribution in [1.82, 2.24) is 0 Å². The van der Waals surface area contributed by atoms with E-state index in [0.717, 1.165) is 16.8 Å². The molecule has 0 radical (unpaired) electrons. The van der Waals surface area contributed by atoms with Crippen molar-refractivity contribution in [3.63, 3.8) is 0 Å². The van der Waals surface area contributed by atoms with Gasteiger partial charge in [-0.05, 0) is 90.5 Å². The summed E-state index contributed by atoms with van der Waals surface area (Å²) < 4.78 is 0. The Labute approximate surface area is 307 Å². The normalized spacial score (nSPS) is 15.2. The van der Waals surface area contributed by atoms with E-state index in [4.69, 9.17) is 10.7 Å². The molecule has 0 unspecified atom stereocenters. The first kappa shape index (κ1) is 32.0. The predicted octanol–water partition coefficient (Wildman–Crippen LogP) is 12.1. The number of nitrogens with zero attached hydrogens (tertiary/aromatic N) is 1. The molecule has 0 heterocycles. The first-order valence-electron chi connectivity index (χ1n) is 18.3. The average molecular weight is 671 g/mol. The third-order valence-corrected chi connectivity index (χ3v) is 11.6. The van der Waals surface area contributed by atoms with E-state index in [9.17, 15) is 0 Å². The molecule has 9 rings (SSSR count). The summed E-state index contributed by atoms with van der Waals surface area (Å²) in [6.45, 7) is 9.38. The lowest BCUT2D eigenvalue weighted by Gasteiger charge is -2.22. The summed E-state index contributed by atoms with van der Waals surface area (Å²) >= 11 is 0. The number of allylic oxidation sites excluding steroid dienone is 1. The maximum Gasteiger partial charge on any atom is 0.131 e. The summed E-state index contributed by atoms with van der Waals surface area (Å²) in [6.07, 6.45) is 2.99. The lowest BCUT2D eigenvalue weighted by Crippen LogP contribution is -2.15. The van der Waals surface area contributed by atoms with Gasteiger partial charge in [0.1, 0.15) is 5.84 Å². The summed E-state index contributed by atoms with van der Waals surface area (Å²) in [5.41, 5.74) is 23.9. The van der Waals surface area contributed by atoms with Gasteiger partial charge in [-0.1, -0.05) is 173 Å². The van der Waals surface area contributed by atoms with E-state index in [-0.39, 0.29) is 10.8 Å². The summed E-state index contributed by atoms with van der Waals surface area (Å²) in [7, 11) is 0. The molecule has 0 fully saturated rings. The Bertz CT molecular complexity index is 2600. The van der Waals surface area contributed by atoms with E-state index < -0.39 is 0 Å². The van der Waals surface area contributed by atoms with Crippen molar-refractivity contribution < 1.29 is 0 Å². The number of benzene rings is 7. The van der Waals surface area contributed by atoms with Crippen LogP contribution in [-0.2, 0) is 17.3 Å². The van der Waals surface area contributed by atoms with Gasteiger partial charge < -0.3 is 5.73 Å². The molecule has 0 saturated heterocycles. The maximum absolute atomic E-state index is 6.83. The predicted molar refractivity (Wildman–Crippen MR) is 220 cm³/mol. The van der Waals surface area contributed by atoms with Crippen LogP contribution in [0.5, 0.6) is 0 Å². The lowest BCUT2D eigenvalue weighted by atomic mass is 9.81. The Balaban J connectivity index is 1.22. The Morgan fingerprint density at radius 1 is 0.519 bits per heavy atom. The minimum absolute atomic E-state index is 0.0588. The van der Waals surface area contributed by atoms with E-state index in [1.165, 1.54) is 72.0 Å². The van der Waals surface area contributed by atoms with Gasteiger partial charge in [-0.3, -0.25) is 0 Å². The zero-order chi connectivity index (χ0) is 35.6. The van der Waals surface area contributed by atoms with Crippen LogP contribution < -0.4 is 5.73 Å². The molecular formula is C50H42N2. The molecule has 0 aliphatic heterocycles. The minimum Gasteiger partial charge on any atom is -0.383 e. The van der Waals surface area contributed by atoms with Crippen LogP contribution in [0.4, 0.5) is 0 Å². The molecule has 252 valence electrons. The Hall–Kier alpha value is -5.99. The molecule has 0 spiro atoms. The number of amidine groups is 1. The molecule has 0 amide bonds. The van der Waals surface area contributed by atoms with Gasteiger partial charge >= 0.3 is 0 Å². The standard InChI is InChI=1S/C50H42N2/c1-49(2)41-25-13-12-22-38(41)46-37(23-14-26-42(46)49)36-21-11-10-16-32(36)28-29-45(52-48(51)33-17-6-5-7-18-33)39-24-15-27-43-47(39)40-30-34-19-8-9-20-35(34)31-44(40)50(43,3)4/h5-27,29-31H,28H2,1-4H3,(H2,51,52)/b45-29-.